The van der Waals surface area contributed by atoms with Crippen molar-refractivity contribution in [2.75, 3.05) is 11.9 Å². The number of halogens is 1. The van der Waals surface area contributed by atoms with E-state index in [0.29, 0.717) is 17.2 Å². The molecule has 2 aliphatic rings. The topological polar surface area (TPSA) is 29.1 Å². The summed E-state index contributed by atoms with van der Waals surface area (Å²) in [6.07, 6.45) is 6.01. The first-order valence-corrected chi connectivity index (χ1v) is 6.22. The van der Waals surface area contributed by atoms with Gasteiger partial charge in [-0.1, -0.05) is 15.9 Å². The zero-order chi connectivity index (χ0) is 9.31. The summed E-state index contributed by atoms with van der Waals surface area (Å²) < 4.78 is 0. The van der Waals surface area contributed by atoms with Crippen molar-refractivity contribution in [2.45, 2.75) is 32.1 Å². The Hall–Kier alpha value is -0.0500. The van der Waals surface area contributed by atoms with E-state index in [1.807, 2.05) is 0 Å². The van der Waals surface area contributed by atoms with Crippen LogP contribution in [0.4, 0.5) is 0 Å². The van der Waals surface area contributed by atoms with E-state index >= 15 is 0 Å². The molecule has 74 valence electrons. The maximum Gasteiger partial charge on any atom is 0.223 e. The summed E-state index contributed by atoms with van der Waals surface area (Å²) in [5, 5.41) is 4.13. The molecule has 0 bridgehead atoms. The minimum Gasteiger partial charge on any atom is -0.355 e. The first-order chi connectivity index (χ1) is 6.26. The van der Waals surface area contributed by atoms with Gasteiger partial charge in [0, 0.05) is 17.8 Å². The number of carbonyl (C=O) groups excluding carboxylic acids is 1. The van der Waals surface area contributed by atoms with E-state index in [9.17, 15) is 4.79 Å². The average Bonchev–Trinajstić information content (AvgIpc) is 2.97. The molecule has 2 fully saturated rings. The third kappa shape index (κ3) is 2.46. The van der Waals surface area contributed by atoms with Crippen molar-refractivity contribution in [3.63, 3.8) is 0 Å². The minimum atomic E-state index is 0.292. The summed E-state index contributed by atoms with van der Waals surface area (Å²) in [7, 11) is 0. The van der Waals surface area contributed by atoms with E-state index in [4.69, 9.17) is 0 Å². The van der Waals surface area contributed by atoms with Crippen molar-refractivity contribution in [3.8, 4) is 0 Å². The molecule has 0 radical (unpaired) electrons. The van der Waals surface area contributed by atoms with Crippen molar-refractivity contribution in [2.24, 2.45) is 11.3 Å². The molecular weight excluding hydrogens is 230 g/mol. The lowest BCUT2D eigenvalue weighted by Gasteiger charge is -2.14. The average molecular weight is 246 g/mol. The Bertz CT molecular complexity index is 209. The molecule has 1 amide bonds. The van der Waals surface area contributed by atoms with Gasteiger partial charge in [0.25, 0.3) is 0 Å². The number of hydrogen-bond acceptors (Lipinski definition) is 1. The summed E-state index contributed by atoms with van der Waals surface area (Å²) in [5.41, 5.74) is 0.466. The Morgan fingerprint density at radius 3 is 2.62 bits per heavy atom. The van der Waals surface area contributed by atoms with Gasteiger partial charge in [0.15, 0.2) is 0 Å². The van der Waals surface area contributed by atoms with Crippen LogP contribution in [0.1, 0.15) is 32.1 Å². The molecule has 0 spiro atoms. The van der Waals surface area contributed by atoms with Crippen molar-refractivity contribution < 1.29 is 4.79 Å². The van der Waals surface area contributed by atoms with Gasteiger partial charge in [-0.25, -0.2) is 0 Å². The lowest BCUT2D eigenvalue weighted by Crippen LogP contribution is -2.31. The highest BCUT2D eigenvalue weighted by atomic mass is 79.9. The maximum absolute atomic E-state index is 11.4. The molecule has 13 heavy (non-hydrogen) atoms. The van der Waals surface area contributed by atoms with E-state index in [2.05, 4.69) is 21.2 Å². The Morgan fingerprint density at radius 2 is 2.15 bits per heavy atom. The molecule has 0 heterocycles. The fourth-order valence-electron chi connectivity index (χ4n) is 1.66. The third-order valence-electron chi connectivity index (χ3n) is 3.17. The molecule has 0 saturated heterocycles. The van der Waals surface area contributed by atoms with Gasteiger partial charge in [0.2, 0.25) is 5.91 Å². The van der Waals surface area contributed by atoms with Gasteiger partial charge >= 0.3 is 0 Å². The third-order valence-corrected chi connectivity index (χ3v) is 3.56. The van der Waals surface area contributed by atoms with Crippen LogP contribution in [-0.2, 0) is 4.79 Å². The largest absolute Gasteiger partial charge is 0.355 e. The Kier molecular flexibility index (Phi) is 2.63. The normalized spacial score (nSPS) is 24.1. The Morgan fingerprint density at radius 1 is 1.46 bits per heavy atom. The zero-order valence-corrected chi connectivity index (χ0v) is 9.40. The van der Waals surface area contributed by atoms with Crippen LogP contribution in [0.5, 0.6) is 0 Å². The van der Waals surface area contributed by atoms with Gasteiger partial charge in [0.1, 0.15) is 0 Å². The molecule has 2 rings (SSSR count). The first-order valence-electron chi connectivity index (χ1n) is 5.09. The Balaban J connectivity index is 1.69. The van der Waals surface area contributed by atoms with Crippen molar-refractivity contribution >= 4 is 21.8 Å². The number of hydrogen-bond donors (Lipinski definition) is 1. The molecule has 2 nitrogen and oxygen atoms in total. The second kappa shape index (κ2) is 3.60. The number of amides is 1. The van der Waals surface area contributed by atoms with E-state index in [0.717, 1.165) is 24.7 Å². The van der Waals surface area contributed by atoms with Crippen LogP contribution < -0.4 is 5.32 Å². The first kappa shape index (κ1) is 9.50. The number of alkyl halides is 1. The lowest BCUT2D eigenvalue weighted by molar-refractivity contribution is -0.122. The van der Waals surface area contributed by atoms with Crippen LogP contribution in [0.3, 0.4) is 0 Å². The van der Waals surface area contributed by atoms with Crippen LogP contribution in [-0.4, -0.2) is 17.8 Å². The molecule has 0 aromatic rings. The van der Waals surface area contributed by atoms with Gasteiger partial charge in [-0.15, -0.1) is 0 Å². The van der Waals surface area contributed by atoms with Gasteiger partial charge < -0.3 is 5.32 Å². The summed E-state index contributed by atoms with van der Waals surface area (Å²) in [4.78, 5) is 11.4. The standard InChI is InChI=1S/C10H16BrNO/c11-6-5-10(3-4-10)7-12-9(13)8-1-2-8/h8H,1-7H2,(H,12,13). The van der Waals surface area contributed by atoms with Gasteiger partial charge in [-0.05, 0) is 37.5 Å². The molecule has 1 N–H and O–H groups in total. The number of carbonyl (C=O) groups is 1. The van der Waals surface area contributed by atoms with Crippen molar-refractivity contribution in [1.82, 2.24) is 5.32 Å². The molecule has 2 saturated carbocycles. The fraction of sp³-hybridized carbons (Fsp3) is 0.900. The van der Waals surface area contributed by atoms with Crippen LogP contribution in [0.2, 0.25) is 0 Å². The molecule has 0 aromatic heterocycles. The maximum atomic E-state index is 11.4. The quantitative estimate of drug-likeness (QED) is 0.739. The minimum absolute atomic E-state index is 0.292. The van der Waals surface area contributed by atoms with Crippen molar-refractivity contribution in [1.29, 1.82) is 0 Å². The summed E-state index contributed by atoms with van der Waals surface area (Å²) >= 11 is 3.46. The van der Waals surface area contributed by atoms with E-state index in [1.165, 1.54) is 19.3 Å². The van der Waals surface area contributed by atoms with E-state index in [-0.39, 0.29) is 0 Å². The van der Waals surface area contributed by atoms with E-state index in [1.54, 1.807) is 0 Å². The highest BCUT2D eigenvalue weighted by Gasteiger charge is 2.42. The molecule has 0 aliphatic heterocycles. The van der Waals surface area contributed by atoms with Crippen LogP contribution in [0.25, 0.3) is 0 Å². The predicted molar refractivity (Wildman–Crippen MR) is 55.8 cm³/mol. The van der Waals surface area contributed by atoms with Crippen LogP contribution >= 0.6 is 15.9 Å². The summed E-state index contributed by atoms with van der Waals surface area (Å²) in [6.45, 7) is 0.911. The highest BCUT2D eigenvalue weighted by Crippen LogP contribution is 2.48. The van der Waals surface area contributed by atoms with Gasteiger partial charge in [-0.2, -0.15) is 0 Å². The smallest absolute Gasteiger partial charge is 0.223 e. The predicted octanol–water partition coefficient (Wildman–Crippen LogP) is 2.08. The fourth-order valence-corrected chi connectivity index (χ4v) is 2.50. The lowest BCUT2D eigenvalue weighted by atomic mass is 10.0. The molecule has 0 aromatic carbocycles. The Labute approximate surface area is 87.6 Å². The van der Waals surface area contributed by atoms with E-state index < -0.39 is 0 Å². The molecule has 2 aliphatic carbocycles. The summed E-state index contributed by atoms with van der Waals surface area (Å²) in [5.74, 6) is 0.653. The molecule has 0 unspecified atom stereocenters. The number of nitrogens with one attached hydrogen (secondary N) is 1. The van der Waals surface area contributed by atoms with Crippen molar-refractivity contribution in [3.05, 3.63) is 0 Å². The summed E-state index contributed by atoms with van der Waals surface area (Å²) in [6, 6.07) is 0. The SMILES string of the molecule is O=C(NCC1(CCBr)CC1)C1CC1. The zero-order valence-electron chi connectivity index (χ0n) is 7.81. The van der Waals surface area contributed by atoms with Crippen LogP contribution in [0, 0.1) is 11.3 Å². The van der Waals surface area contributed by atoms with Gasteiger partial charge in [-0.3, -0.25) is 4.79 Å². The van der Waals surface area contributed by atoms with Crippen LogP contribution in [0.15, 0.2) is 0 Å². The highest BCUT2D eigenvalue weighted by molar-refractivity contribution is 9.09. The molecule has 3 heteroatoms. The second-order valence-corrected chi connectivity index (χ2v) is 5.22. The number of rotatable bonds is 5. The monoisotopic (exact) mass is 245 g/mol. The van der Waals surface area contributed by atoms with Gasteiger partial charge in [0.05, 0.1) is 0 Å². The second-order valence-electron chi connectivity index (χ2n) is 4.43. The molecular formula is C10H16BrNO. The molecule has 0 atom stereocenters.